The third-order valence-corrected chi connectivity index (χ3v) is 9.99. The summed E-state index contributed by atoms with van der Waals surface area (Å²) < 4.78 is 8.59. The topological polar surface area (TPSA) is 201 Å². The van der Waals surface area contributed by atoms with E-state index in [9.17, 15) is 29.2 Å². The number of hydrogen-bond donors (Lipinski definition) is 2. The molecule has 4 heterocycles. The lowest BCUT2D eigenvalue weighted by molar-refractivity contribution is -0.131. The molecule has 0 spiro atoms. The molecule has 2 N–H and O–H groups in total. The number of fused-ring (bicyclic) bond motifs is 1. The standard InChI is InChI=1S/C37H43N11O6/c1-44(36(52)47-15-13-29-33(40-23-41-34(29)47)27-19-42-48(21-27)31(18-38)26-6-3-4-7-26)16-17-45(2)37(53)54-22-25-9-11-28(12-10-25)43-32(50)20-39-35(51)30-8-5-14-46(30)24-49/h9-13,15,19,21,23-24,26,30-31H,3-8,14,16-17,20,22H2,1-2H3,(H,39,51)(H,43,50). The normalized spacial score (nSPS) is 16.1. The fourth-order valence-electron chi connectivity index (χ4n) is 6.90. The van der Waals surface area contributed by atoms with Crippen molar-refractivity contribution in [3.05, 3.63) is 60.8 Å². The van der Waals surface area contributed by atoms with Crippen molar-refractivity contribution in [3.8, 4) is 17.3 Å². The van der Waals surface area contributed by atoms with Gasteiger partial charge in [-0.15, -0.1) is 0 Å². The Morgan fingerprint density at radius 1 is 1.04 bits per heavy atom. The van der Waals surface area contributed by atoms with Crippen LogP contribution >= 0.6 is 0 Å². The third-order valence-electron chi connectivity index (χ3n) is 9.99. The number of nitriles is 1. The van der Waals surface area contributed by atoms with Gasteiger partial charge in [-0.1, -0.05) is 25.0 Å². The summed E-state index contributed by atoms with van der Waals surface area (Å²) in [5.74, 6) is -0.501. The molecule has 1 aliphatic carbocycles. The number of anilines is 1. The fraction of sp³-hybridized carbons (Fsp3) is 0.432. The first kappa shape index (κ1) is 37.4. The average molecular weight is 738 g/mol. The van der Waals surface area contributed by atoms with Gasteiger partial charge in [-0.2, -0.15) is 10.4 Å². The van der Waals surface area contributed by atoms with E-state index >= 15 is 0 Å². The molecule has 17 nitrogen and oxygen atoms in total. The molecule has 1 aromatic carbocycles. The number of nitrogens with zero attached hydrogens (tertiary/aromatic N) is 9. The molecule has 0 bridgehead atoms. The summed E-state index contributed by atoms with van der Waals surface area (Å²) >= 11 is 0. The minimum absolute atomic E-state index is 0.00903. The Balaban J connectivity index is 0.957. The van der Waals surface area contributed by atoms with Crippen LogP contribution in [0, 0.1) is 17.2 Å². The lowest BCUT2D eigenvalue weighted by atomic mass is 10.00. The molecule has 6 rings (SSSR count). The third kappa shape index (κ3) is 8.49. The highest BCUT2D eigenvalue weighted by atomic mass is 16.6. The molecule has 1 saturated carbocycles. The highest BCUT2D eigenvalue weighted by molar-refractivity contribution is 5.97. The fourth-order valence-corrected chi connectivity index (χ4v) is 6.90. The number of likely N-dealkylation sites (tertiary alicyclic amines) is 1. The molecule has 2 fully saturated rings. The van der Waals surface area contributed by atoms with Crippen molar-refractivity contribution in [1.82, 2.24) is 44.3 Å². The summed E-state index contributed by atoms with van der Waals surface area (Å²) in [6, 6.07) is 9.68. The van der Waals surface area contributed by atoms with Gasteiger partial charge in [0, 0.05) is 62.8 Å². The monoisotopic (exact) mass is 737 g/mol. The molecule has 0 radical (unpaired) electrons. The number of hydrogen-bond acceptors (Lipinski definition) is 10. The van der Waals surface area contributed by atoms with Crippen LogP contribution in [0.2, 0.25) is 0 Å². The highest BCUT2D eigenvalue weighted by Gasteiger charge is 2.30. The van der Waals surface area contributed by atoms with Crippen molar-refractivity contribution in [2.24, 2.45) is 5.92 Å². The van der Waals surface area contributed by atoms with E-state index in [0.717, 1.165) is 37.7 Å². The second kappa shape index (κ2) is 17.0. The van der Waals surface area contributed by atoms with Gasteiger partial charge >= 0.3 is 12.1 Å². The number of likely N-dealkylation sites (N-methyl/N-ethyl adjacent to an activating group) is 2. The Kier molecular flexibility index (Phi) is 11.8. The van der Waals surface area contributed by atoms with Crippen LogP contribution in [0.15, 0.2) is 55.2 Å². The van der Waals surface area contributed by atoms with Crippen LogP contribution < -0.4 is 10.6 Å². The van der Waals surface area contributed by atoms with Crippen molar-refractivity contribution in [1.29, 1.82) is 5.26 Å². The zero-order valence-electron chi connectivity index (χ0n) is 30.3. The maximum absolute atomic E-state index is 13.5. The molecule has 5 amide bonds. The van der Waals surface area contributed by atoms with Gasteiger partial charge in [0.25, 0.3) is 0 Å². The second-order valence-electron chi connectivity index (χ2n) is 13.6. The minimum atomic E-state index is -0.574. The van der Waals surface area contributed by atoms with Gasteiger partial charge in [0.2, 0.25) is 18.2 Å². The Morgan fingerprint density at radius 2 is 1.80 bits per heavy atom. The van der Waals surface area contributed by atoms with Crippen LogP contribution in [0.25, 0.3) is 22.3 Å². The molecule has 2 unspecified atom stereocenters. The number of ether oxygens (including phenoxy) is 1. The van der Waals surface area contributed by atoms with E-state index in [4.69, 9.17) is 4.74 Å². The Hall–Kier alpha value is -6.31. The van der Waals surface area contributed by atoms with Gasteiger partial charge in [0.15, 0.2) is 5.65 Å². The molecule has 4 aromatic rings. The molecular formula is C37H43N11O6. The van der Waals surface area contributed by atoms with E-state index in [1.165, 1.54) is 25.6 Å². The quantitative estimate of drug-likeness (QED) is 0.192. The van der Waals surface area contributed by atoms with Crippen LogP contribution in [0.5, 0.6) is 0 Å². The van der Waals surface area contributed by atoms with E-state index in [-0.39, 0.29) is 50.1 Å². The van der Waals surface area contributed by atoms with Gasteiger partial charge in [0.1, 0.15) is 25.0 Å². The average Bonchev–Trinajstić information content (AvgIpc) is 4.03. The first-order chi connectivity index (χ1) is 26.2. The van der Waals surface area contributed by atoms with Crippen LogP contribution in [0.1, 0.15) is 50.1 Å². The Bertz CT molecular complexity index is 2030. The highest BCUT2D eigenvalue weighted by Crippen LogP contribution is 2.35. The molecule has 2 atom stereocenters. The zero-order valence-corrected chi connectivity index (χ0v) is 30.3. The first-order valence-electron chi connectivity index (χ1n) is 17.9. The maximum Gasteiger partial charge on any atom is 0.409 e. The maximum atomic E-state index is 13.5. The van der Waals surface area contributed by atoms with E-state index in [2.05, 4.69) is 31.8 Å². The van der Waals surface area contributed by atoms with Crippen molar-refractivity contribution >= 4 is 47.1 Å². The summed E-state index contributed by atoms with van der Waals surface area (Å²) in [5, 5.41) is 20.3. The molecule has 1 saturated heterocycles. The van der Waals surface area contributed by atoms with E-state index < -0.39 is 18.0 Å². The predicted molar refractivity (Wildman–Crippen MR) is 195 cm³/mol. The van der Waals surface area contributed by atoms with Crippen molar-refractivity contribution in [2.45, 2.75) is 57.2 Å². The number of benzene rings is 1. The largest absolute Gasteiger partial charge is 0.445 e. The Labute approximate surface area is 311 Å². The van der Waals surface area contributed by atoms with Crippen molar-refractivity contribution < 1.29 is 28.7 Å². The number of aromatic nitrogens is 5. The van der Waals surface area contributed by atoms with Gasteiger partial charge in [0.05, 0.1) is 24.5 Å². The lowest BCUT2D eigenvalue weighted by Gasteiger charge is -2.22. The van der Waals surface area contributed by atoms with Crippen LogP contribution in [-0.4, -0.2) is 116 Å². The summed E-state index contributed by atoms with van der Waals surface area (Å²) in [4.78, 5) is 75.1. The number of nitrogens with one attached hydrogen (secondary N) is 2. The second-order valence-corrected chi connectivity index (χ2v) is 13.6. The van der Waals surface area contributed by atoms with Gasteiger partial charge in [-0.3, -0.25) is 23.6 Å². The van der Waals surface area contributed by atoms with E-state index in [1.54, 1.807) is 61.5 Å². The smallest absolute Gasteiger partial charge is 0.409 e. The number of rotatable bonds is 13. The number of carbonyl (C=O) groups is 5. The number of amides is 5. The van der Waals surface area contributed by atoms with E-state index in [1.807, 2.05) is 6.20 Å². The molecule has 17 heteroatoms. The molecule has 2 aliphatic rings. The zero-order chi connectivity index (χ0) is 38.2. The SMILES string of the molecule is CN(CCN(C)C(=O)n1ccc2c(-c3cnn(C(C#N)C4CCCC4)c3)ncnc21)C(=O)OCc1ccc(NC(=O)CNC(=O)C2CCCN2C=O)cc1. The van der Waals surface area contributed by atoms with Gasteiger partial charge in [-0.05, 0) is 55.4 Å². The molecular weight excluding hydrogens is 694 g/mol. The van der Waals surface area contributed by atoms with E-state index in [0.29, 0.717) is 47.4 Å². The van der Waals surface area contributed by atoms with Crippen LogP contribution in [-0.2, 0) is 25.7 Å². The summed E-state index contributed by atoms with van der Waals surface area (Å²) in [7, 11) is 3.21. The molecule has 54 heavy (non-hydrogen) atoms. The van der Waals surface area contributed by atoms with Crippen LogP contribution in [0.4, 0.5) is 15.3 Å². The van der Waals surface area contributed by atoms with Crippen molar-refractivity contribution in [3.63, 3.8) is 0 Å². The molecule has 282 valence electrons. The minimum Gasteiger partial charge on any atom is -0.445 e. The Morgan fingerprint density at radius 3 is 2.54 bits per heavy atom. The lowest BCUT2D eigenvalue weighted by Crippen LogP contribution is -2.45. The summed E-state index contributed by atoms with van der Waals surface area (Å²) in [6.07, 6.45) is 12.2. The predicted octanol–water partition coefficient (Wildman–Crippen LogP) is 3.39. The molecule has 3 aromatic heterocycles. The number of carbonyl (C=O) groups excluding carboxylic acids is 5. The van der Waals surface area contributed by atoms with Gasteiger partial charge < -0.3 is 30.1 Å². The molecule has 1 aliphatic heterocycles. The van der Waals surface area contributed by atoms with Gasteiger partial charge in [-0.25, -0.2) is 19.6 Å². The van der Waals surface area contributed by atoms with Crippen LogP contribution in [0.3, 0.4) is 0 Å². The first-order valence-corrected chi connectivity index (χ1v) is 17.9. The summed E-state index contributed by atoms with van der Waals surface area (Å²) in [5.41, 5.74) is 2.96. The summed E-state index contributed by atoms with van der Waals surface area (Å²) in [6.45, 7) is 0.708. The van der Waals surface area contributed by atoms with Crippen molar-refractivity contribution in [2.75, 3.05) is 45.6 Å².